The Morgan fingerprint density at radius 2 is 1.50 bits per heavy atom. The van der Waals surface area contributed by atoms with Gasteiger partial charge in [-0.15, -0.1) is 23.2 Å². The topological polar surface area (TPSA) is 46.6 Å². The standard InChI is InChI=1S/C10H7Cl4NO3/c1-18-15-7(16)3-4(8(15)17)10(14)2-9(3,13)5(11)6(10)12/h3-4H,2H2,1H3/t3-,4-,9-,10-/m0/s1. The first-order chi connectivity index (χ1) is 8.29. The van der Waals surface area contributed by atoms with Crippen molar-refractivity contribution in [3.05, 3.63) is 10.1 Å². The number of carbonyl (C=O) groups excluding carboxylic acids is 2. The third-order valence-corrected chi connectivity index (χ3v) is 6.33. The Kier molecular flexibility index (Phi) is 2.57. The van der Waals surface area contributed by atoms with Crippen LogP contribution in [0.4, 0.5) is 0 Å². The van der Waals surface area contributed by atoms with Crippen LogP contribution in [0.5, 0.6) is 0 Å². The fraction of sp³-hybridized carbons (Fsp3) is 0.600. The average Bonchev–Trinajstić information content (AvgIpc) is 2.78. The molecule has 0 aromatic heterocycles. The minimum absolute atomic E-state index is 0.154. The van der Waals surface area contributed by atoms with E-state index in [1.165, 1.54) is 7.11 Å². The van der Waals surface area contributed by atoms with E-state index in [-0.39, 0.29) is 16.5 Å². The van der Waals surface area contributed by atoms with Gasteiger partial charge >= 0.3 is 0 Å². The molecule has 1 saturated carbocycles. The quantitative estimate of drug-likeness (QED) is 0.547. The molecule has 1 heterocycles. The monoisotopic (exact) mass is 329 g/mol. The highest BCUT2D eigenvalue weighted by atomic mass is 35.5. The third-order valence-electron chi connectivity index (χ3n) is 3.87. The van der Waals surface area contributed by atoms with Crippen LogP contribution in [-0.4, -0.2) is 33.7 Å². The van der Waals surface area contributed by atoms with Crippen molar-refractivity contribution in [2.24, 2.45) is 11.8 Å². The predicted octanol–water partition coefficient (Wildman–Crippen LogP) is 2.21. The van der Waals surface area contributed by atoms with Crippen molar-refractivity contribution >= 4 is 58.2 Å². The zero-order chi connectivity index (χ0) is 13.5. The smallest absolute Gasteiger partial charge is 0.259 e. The van der Waals surface area contributed by atoms with Crippen LogP contribution >= 0.6 is 46.4 Å². The maximum atomic E-state index is 12.1. The van der Waals surface area contributed by atoms with Gasteiger partial charge in [0.05, 0.1) is 38.8 Å². The number of imide groups is 1. The molecular weight excluding hydrogens is 324 g/mol. The van der Waals surface area contributed by atoms with Gasteiger partial charge in [0, 0.05) is 0 Å². The number of hydrogen-bond acceptors (Lipinski definition) is 3. The van der Waals surface area contributed by atoms with E-state index in [9.17, 15) is 9.59 Å². The molecule has 4 nitrogen and oxygen atoms in total. The summed E-state index contributed by atoms with van der Waals surface area (Å²) in [4.78, 5) is 26.6. The summed E-state index contributed by atoms with van der Waals surface area (Å²) in [6.45, 7) is 0. The van der Waals surface area contributed by atoms with Gasteiger partial charge in [-0.1, -0.05) is 23.2 Å². The molecule has 1 saturated heterocycles. The zero-order valence-electron chi connectivity index (χ0n) is 9.05. The summed E-state index contributed by atoms with van der Waals surface area (Å²) < 4.78 is 0. The number of nitrogens with zero attached hydrogens (tertiary/aromatic N) is 1. The molecule has 1 aliphatic heterocycles. The van der Waals surface area contributed by atoms with E-state index in [0.717, 1.165) is 0 Å². The molecule has 2 aliphatic carbocycles. The minimum Gasteiger partial charge on any atom is -0.272 e. The molecule has 0 spiro atoms. The maximum absolute atomic E-state index is 12.1. The molecule has 0 aromatic carbocycles. The Morgan fingerprint density at radius 3 is 1.83 bits per heavy atom. The molecule has 0 aromatic rings. The van der Waals surface area contributed by atoms with Crippen LogP contribution < -0.4 is 0 Å². The molecule has 0 radical (unpaired) electrons. The van der Waals surface area contributed by atoms with Gasteiger partial charge in [0.1, 0.15) is 0 Å². The van der Waals surface area contributed by atoms with Crippen LogP contribution in [0.25, 0.3) is 0 Å². The maximum Gasteiger partial charge on any atom is 0.259 e. The largest absolute Gasteiger partial charge is 0.272 e. The Bertz CT molecular complexity index is 479. The highest BCUT2D eigenvalue weighted by Crippen LogP contribution is 2.69. The fourth-order valence-electron chi connectivity index (χ4n) is 3.13. The van der Waals surface area contributed by atoms with E-state index >= 15 is 0 Å². The van der Waals surface area contributed by atoms with Gasteiger partial charge < -0.3 is 0 Å². The summed E-state index contributed by atoms with van der Waals surface area (Å²) in [7, 11) is 1.23. The normalized spacial score (nSPS) is 46.4. The number of hydroxylamine groups is 2. The number of halogens is 4. The van der Waals surface area contributed by atoms with E-state index in [1.807, 2.05) is 0 Å². The van der Waals surface area contributed by atoms with Crippen molar-refractivity contribution < 1.29 is 14.4 Å². The summed E-state index contributed by atoms with van der Waals surface area (Å²) in [5.74, 6) is -2.68. The molecule has 2 fully saturated rings. The van der Waals surface area contributed by atoms with Crippen LogP contribution in [0.3, 0.4) is 0 Å². The van der Waals surface area contributed by atoms with Gasteiger partial charge in [-0.3, -0.25) is 14.4 Å². The van der Waals surface area contributed by atoms with E-state index in [4.69, 9.17) is 51.2 Å². The van der Waals surface area contributed by atoms with Crippen LogP contribution in [0.15, 0.2) is 10.1 Å². The number of alkyl halides is 2. The summed E-state index contributed by atoms with van der Waals surface area (Å²) in [6.07, 6.45) is 0.172. The summed E-state index contributed by atoms with van der Waals surface area (Å²) in [5.41, 5.74) is 0. The molecule has 0 N–H and O–H groups in total. The molecule has 0 unspecified atom stereocenters. The van der Waals surface area contributed by atoms with Crippen molar-refractivity contribution in [3.63, 3.8) is 0 Å². The van der Waals surface area contributed by atoms with Gasteiger partial charge in [-0.05, 0) is 6.42 Å². The molecule has 4 atom stereocenters. The molecular formula is C10H7Cl4NO3. The molecule has 2 bridgehead atoms. The number of carbonyl (C=O) groups is 2. The van der Waals surface area contributed by atoms with Crippen LogP contribution in [0.2, 0.25) is 0 Å². The first-order valence-electron chi connectivity index (χ1n) is 5.15. The number of rotatable bonds is 1. The molecule has 18 heavy (non-hydrogen) atoms. The van der Waals surface area contributed by atoms with Crippen molar-refractivity contribution in [2.75, 3.05) is 7.11 Å². The highest BCUT2D eigenvalue weighted by molar-refractivity contribution is 6.52. The molecule has 3 rings (SSSR count). The lowest BCUT2D eigenvalue weighted by atomic mass is 9.84. The first kappa shape index (κ1) is 13.0. The van der Waals surface area contributed by atoms with Gasteiger partial charge in [0.15, 0.2) is 0 Å². The fourth-order valence-corrected chi connectivity index (χ4v) is 5.05. The van der Waals surface area contributed by atoms with Gasteiger partial charge in [0.25, 0.3) is 11.8 Å². The zero-order valence-corrected chi connectivity index (χ0v) is 12.1. The van der Waals surface area contributed by atoms with Crippen molar-refractivity contribution in [1.82, 2.24) is 5.06 Å². The Morgan fingerprint density at radius 1 is 1.11 bits per heavy atom. The molecule has 98 valence electrons. The molecule has 3 aliphatic rings. The summed E-state index contributed by atoms with van der Waals surface area (Å²) in [6, 6.07) is 0. The Hall–Kier alpha value is -0.000000000000000167. The Labute approximate surface area is 123 Å². The summed E-state index contributed by atoms with van der Waals surface area (Å²) in [5, 5.41) is 0.991. The number of allylic oxidation sites excluding steroid dienone is 2. The number of fused-ring (bicyclic) bond motifs is 5. The lowest BCUT2D eigenvalue weighted by Gasteiger charge is -2.28. The second-order valence-electron chi connectivity index (χ2n) is 4.64. The van der Waals surface area contributed by atoms with Gasteiger partial charge in [-0.2, -0.15) is 5.06 Å². The van der Waals surface area contributed by atoms with E-state index in [0.29, 0.717) is 5.06 Å². The van der Waals surface area contributed by atoms with Crippen LogP contribution in [0, 0.1) is 11.8 Å². The second-order valence-corrected chi connectivity index (χ2v) is 6.74. The average molecular weight is 331 g/mol. The minimum atomic E-state index is -1.20. The molecule has 8 heteroatoms. The number of amides is 2. The van der Waals surface area contributed by atoms with Crippen molar-refractivity contribution in [1.29, 1.82) is 0 Å². The highest BCUT2D eigenvalue weighted by Gasteiger charge is 2.76. The van der Waals surface area contributed by atoms with Crippen LogP contribution in [0.1, 0.15) is 6.42 Å². The van der Waals surface area contributed by atoms with E-state index < -0.39 is 33.4 Å². The van der Waals surface area contributed by atoms with E-state index in [2.05, 4.69) is 0 Å². The SMILES string of the molecule is CON1C(=O)[C@@H]2[C@@H](C1=O)[C@@]1(Cl)C[C@@]2(Cl)C(Cl)=C1Cl. The second kappa shape index (κ2) is 3.55. The van der Waals surface area contributed by atoms with Crippen LogP contribution in [-0.2, 0) is 14.4 Å². The van der Waals surface area contributed by atoms with Gasteiger partial charge in [-0.25, -0.2) is 0 Å². The van der Waals surface area contributed by atoms with Gasteiger partial charge in [0.2, 0.25) is 0 Å². The summed E-state index contributed by atoms with van der Waals surface area (Å²) >= 11 is 24.9. The third kappa shape index (κ3) is 1.15. The first-order valence-corrected chi connectivity index (χ1v) is 6.66. The van der Waals surface area contributed by atoms with E-state index in [1.54, 1.807) is 0 Å². The van der Waals surface area contributed by atoms with Crippen molar-refractivity contribution in [2.45, 2.75) is 16.2 Å². The lowest BCUT2D eigenvalue weighted by Crippen LogP contribution is -2.38. The molecule has 2 amide bonds. The lowest BCUT2D eigenvalue weighted by molar-refractivity contribution is -0.181. The Balaban J connectivity index is 2.20. The number of hydrogen-bond donors (Lipinski definition) is 0. The predicted molar refractivity (Wildman–Crippen MR) is 66.4 cm³/mol. The van der Waals surface area contributed by atoms with Crippen molar-refractivity contribution in [3.8, 4) is 0 Å².